The van der Waals surface area contributed by atoms with Crippen molar-refractivity contribution < 1.29 is 0 Å². The van der Waals surface area contributed by atoms with E-state index in [-0.39, 0.29) is 5.54 Å². The highest BCUT2D eigenvalue weighted by molar-refractivity contribution is 5.06. The zero-order valence-corrected chi connectivity index (χ0v) is 14.4. The van der Waals surface area contributed by atoms with Gasteiger partial charge in [0.05, 0.1) is 0 Å². The molecular weight excluding hydrogens is 218 g/mol. The molecule has 0 aromatic rings. The zero-order chi connectivity index (χ0) is 14.8. The first-order valence-electron chi connectivity index (χ1n) is 7.70. The topological polar surface area (TPSA) is 26.0 Å². The second kappa shape index (κ2) is 5.53. The van der Waals surface area contributed by atoms with E-state index in [1.54, 1.807) is 0 Å². The summed E-state index contributed by atoms with van der Waals surface area (Å²) in [5.41, 5.74) is 7.67. The first-order chi connectivity index (χ1) is 7.91. The van der Waals surface area contributed by atoms with Crippen molar-refractivity contribution in [2.24, 2.45) is 22.0 Å². The molecule has 0 heterocycles. The molecule has 0 atom stereocenters. The Balaban J connectivity index is 0.000000283. The summed E-state index contributed by atoms with van der Waals surface area (Å²) < 4.78 is 0. The molecule has 2 rings (SSSR count). The molecule has 18 heavy (non-hydrogen) atoms. The SMILES string of the molecule is CC.CC(C)(C)C1(C)CC1.CC(C)(C)C1(N)CC1. The normalized spacial score (nSPS) is 23.0. The Kier molecular flexibility index (Phi) is 5.51. The molecule has 0 unspecified atom stereocenters. The molecule has 1 heteroatoms. The summed E-state index contributed by atoms with van der Waals surface area (Å²) in [6.45, 7) is 20.0. The average Bonchev–Trinajstić information content (AvgIpc) is 3.08. The van der Waals surface area contributed by atoms with E-state index in [9.17, 15) is 0 Å². The van der Waals surface area contributed by atoms with Crippen molar-refractivity contribution in [2.45, 2.75) is 93.5 Å². The molecular formula is C17H37N. The molecule has 2 fully saturated rings. The van der Waals surface area contributed by atoms with Crippen molar-refractivity contribution in [2.75, 3.05) is 0 Å². The van der Waals surface area contributed by atoms with E-state index in [2.05, 4.69) is 48.5 Å². The Bertz CT molecular complexity index is 209. The molecule has 2 saturated carbocycles. The first kappa shape index (κ1) is 18.0. The van der Waals surface area contributed by atoms with Crippen LogP contribution in [0.15, 0.2) is 0 Å². The summed E-state index contributed by atoms with van der Waals surface area (Å²) in [7, 11) is 0. The predicted octanol–water partition coefficient (Wildman–Crippen LogP) is 5.38. The lowest BCUT2D eigenvalue weighted by molar-refractivity contribution is 0.237. The molecule has 1 nitrogen and oxygen atoms in total. The molecule has 0 aliphatic heterocycles. The van der Waals surface area contributed by atoms with Crippen LogP contribution < -0.4 is 5.73 Å². The molecule has 110 valence electrons. The van der Waals surface area contributed by atoms with Gasteiger partial charge in [-0.15, -0.1) is 0 Å². The van der Waals surface area contributed by atoms with Crippen LogP contribution in [-0.4, -0.2) is 5.54 Å². The van der Waals surface area contributed by atoms with Crippen molar-refractivity contribution in [3.63, 3.8) is 0 Å². The fraction of sp³-hybridized carbons (Fsp3) is 1.00. The lowest BCUT2D eigenvalue weighted by atomic mass is 9.79. The van der Waals surface area contributed by atoms with Gasteiger partial charge in [0.25, 0.3) is 0 Å². The van der Waals surface area contributed by atoms with Gasteiger partial charge in [-0.05, 0) is 41.9 Å². The fourth-order valence-electron chi connectivity index (χ4n) is 1.82. The molecule has 0 bridgehead atoms. The van der Waals surface area contributed by atoms with Gasteiger partial charge in [0, 0.05) is 5.54 Å². The van der Waals surface area contributed by atoms with Crippen LogP contribution in [0.4, 0.5) is 0 Å². The third-order valence-electron chi connectivity index (χ3n) is 5.09. The van der Waals surface area contributed by atoms with Gasteiger partial charge in [0.1, 0.15) is 0 Å². The molecule has 0 aromatic heterocycles. The minimum absolute atomic E-state index is 0.188. The summed E-state index contributed by atoms with van der Waals surface area (Å²) in [5, 5.41) is 0. The maximum Gasteiger partial charge on any atom is 0.0204 e. The van der Waals surface area contributed by atoms with E-state index >= 15 is 0 Å². The molecule has 0 aromatic carbocycles. The Hall–Kier alpha value is -0.0400. The van der Waals surface area contributed by atoms with Crippen LogP contribution in [-0.2, 0) is 0 Å². The van der Waals surface area contributed by atoms with Crippen LogP contribution in [0.1, 0.15) is 88.0 Å². The van der Waals surface area contributed by atoms with Crippen molar-refractivity contribution in [1.29, 1.82) is 0 Å². The number of rotatable bonds is 0. The minimum Gasteiger partial charge on any atom is -0.325 e. The van der Waals surface area contributed by atoms with Crippen LogP contribution in [0.3, 0.4) is 0 Å². The quantitative estimate of drug-likeness (QED) is 0.617. The highest BCUT2D eigenvalue weighted by Crippen LogP contribution is 2.57. The second-order valence-electron chi connectivity index (χ2n) is 8.22. The van der Waals surface area contributed by atoms with Gasteiger partial charge in [0.2, 0.25) is 0 Å². The fourth-order valence-corrected chi connectivity index (χ4v) is 1.82. The standard InChI is InChI=1S/C8H16.C7H15N.C2H6/c1-7(2,3)8(4)5-6-8;1-6(2,3)7(8)4-5-7;1-2/h5-6H2,1-4H3;4-5,8H2,1-3H3;1-2H3. The van der Waals surface area contributed by atoms with Gasteiger partial charge in [-0.3, -0.25) is 0 Å². The Morgan fingerprint density at radius 1 is 0.722 bits per heavy atom. The van der Waals surface area contributed by atoms with E-state index in [4.69, 9.17) is 5.73 Å². The lowest BCUT2D eigenvalue weighted by Crippen LogP contribution is -2.37. The summed E-state index contributed by atoms with van der Waals surface area (Å²) >= 11 is 0. The van der Waals surface area contributed by atoms with Gasteiger partial charge in [-0.25, -0.2) is 0 Å². The van der Waals surface area contributed by atoms with Crippen LogP contribution >= 0.6 is 0 Å². The van der Waals surface area contributed by atoms with E-state index in [1.807, 2.05) is 13.8 Å². The van der Waals surface area contributed by atoms with E-state index in [0.717, 1.165) is 0 Å². The predicted molar refractivity (Wildman–Crippen MR) is 83.8 cm³/mol. The lowest BCUT2D eigenvalue weighted by Gasteiger charge is -2.26. The number of hydrogen-bond acceptors (Lipinski definition) is 1. The van der Waals surface area contributed by atoms with Crippen LogP contribution in [0.25, 0.3) is 0 Å². The van der Waals surface area contributed by atoms with Crippen molar-refractivity contribution >= 4 is 0 Å². The highest BCUT2D eigenvalue weighted by Gasteiger charge is 2.48. The van der Waals surface area contributed by atoms with Crippen molar-refractivity contribution in [1.82, 2.24) is 0 Å². The molecule has 0 spiro atoms. The molecule has 0 amide bonds. The Morgan fingerprint density at radius 3 is 1.06 bits per heavy atom. The van der Waals surface area contributed by atoms with Crippen LogP contribution in [0.2, 0.25) is 0 Å². The summed E-state index contributed by atoms with van der Waals surface area (Å²) in [6, 6.07) is 0. The van der Waals surface area contributed by atoms with Gasteiger partial charge in [-0.2, -0.15) is 0 Å². The maximum atomic E-state index is 5.92. The Labute approximate surface area is 116 Å². The highest BCUT2D eigenvalue weighted by atomic mass is 14.9. The summed E-state index contributed by atoms with van der Waals surface area (Å²) in [6.07, 6.45) is 5.32. The third kappa shape index (κ3) is 4.57. The van der Waals surface area contributed by atoms with Crippen LogP contribution in [0, 0.1) is 16.2 Å². The second-order valence-corrected chi connectivity index (χ2v) is 8.22. The van der Waals surface area contributed by atoms with Crippen molar-refractivity contribution in [3.8, 4) is 0 Å². The molecule has 0 radical (unpaired) electrons. The van der Waals surface area contributed by atoms with Gasteiger partial charge in [-0.1, -0.05) is 62.3 Å². The molecule has 2 aliphatic carbocycles. The van der Waals surface area contributed by atoms with Crippen LogP contribution in [0.5, 0.6) is 0 Å². The summed E-state index contributed by atoms with van der Waals surface area (Å²) in [4.78, 5) is 0. The summed E-state index contributed by atoms with van der Waals surface area (Å²) in [5.74, 6) is 0. The average molecular weight is 255 g/mol. The van der Waals surface area contributed by atoms with Gasteiger partial charge < -0.3 is 5.73 Å². The third-order valence-corrected chi connectivity index (χ3v) is 5.09. The van der Waals surface area contributed by atoms with Gasteiger partial charge in [0.15, 0.2) is 0 Å². The minimum atomic E-state index is 0.188. The first-order valence-corrected chi connectivity index (χ1v) is 7.70. The van der Waals surface area contributed by atoms with E-state index in [0.29, 0.717) is 16.2 Å². The number of hydrogen-bond donors (Lipinski definition) is 1. The van der Waals surface area contributed by atoms with Crippen molar-refractivity contribution in [3.05, 3.63) is 0 Å². The smallest absolute Gasteiger partial charge is 0.0204 e. The number of nitrogens with two attached hydrogens (primary N) is 1. The molecule has 2 aliphatic rings. The van der Waals surface area contributed by atoms with E-state index in [1.165, 1.54) is 25.7 Å². The maximum absolute atomic E-state index is 5.92. The van der Waals surface area contributed by atoms with Gasteiger partial charge >= 0.3 is 0 Å². The molecule has 0 saturated heterocycles. The van der Waals surface area contributed by atoms with E-state index < -0.39 is 0 Å². The zero-order valence-electron chi connectivity index (χ0n) is 14.4. The molecule has 2 N–H and O–H groups in total. The monoisotopic (exact) mass is 255 g/mol. The largest absolute Gasteiger partial charge is 0.325 e. The Morgan fingerprint density at radius 2 is 1.06 bits per heavy atom.